The number of hydrogen-bond acceptors (Lipinski definition) is 3. The highest BCUT2D eigenvalue weighted by Gasteiger charge is 2.38. The molecular formula is C5H7Cl3O4. The number of carbonyl (C=O) groups is 1. The molecule has 0 aromatic carbocycles. The Morgan fingerprint density at radius 1 is 1.67 bits per heavy atom. The maximum atomic E-state index is 10.0. The van der Waals surface area contributed by atoms with Gasteiger partial charge in [-0.3, -0.25) is 0 Å². The third-order valence-corrected chi connectivity index (χ3v) is 2.01. The van der Waals surface area contributed by atoms with Crippen LogP contribution in [0, 0.1) is 0 Å². The smallest absolute Gasteiger partial charge is 0.450 e. The largest absolute Gasteiger partial charge is 0.508 e. The third-order valence-electron chi connectivity index (χ3n) is 0.801. The lowest BCUT2D eigenvalue weighted by Gasteiger charge is -2.22. The molecule has 1 unspecified atom stereocenters. The van der Waals surface area contributed by atoms with Crippen LogP contribution in [0.15, 0.2) is 0 Å². The summed E-state index contributed by atoms with van der Waals surface area (Å²) in [6.45, 7) is 1.90. The Morgan fingerprint density at radius 2 is 2.17 bits per heavy atom. The summed E-state index contributed by atoms with van der Waals surface area (Å²) < 4.78 is 6.68. The Labute approximate surface area is 84.3 Å². The van der Waals surface area contributed by atoms with Crippen molar-refractivity contribution in [3.63, 3.8) is 0 Å². The number of halogens is 3. The molecular weight excluding hydrogens is 230 g/mol. The van der Waals surface area contributed by atoms with Crippen molar-refractivity contribution in [2.45, 2.75) is 17.0 Å². The molecule has 1 atom stereocenters. The molecule has 0 saturated carbocycles. The molecule has 72 valence electrons. The summed E-state index contributed by atoms with van der Waals surface area (Å²) in [6.07, 6.45) is -1.62. The minimum absolute atomic E-state index is 0.248. The molecule has 0 aromatic heterocycles. The molecule has 0 aliphatic carbocycles. The minimum atomic E-state index is -2.08. The second-order valence-electron chi connectivity index (χ2n) is 1.70. The minimum Gasteiger partial charge on any atom is -0.450 e. The van der Waals surface area contributed by atoms with Crippen LogP contribution in [0.2, 0.25) is 0 Å². The zero-order chi connectivity index (χ0) is 9.78. The number of hydrogen-bond donors (Lipinski definition) is 1. The molecule has 0 saturated heterocycles. The van der Waals surface area contributed by atoms with Gasteiger partial charge in [0.15, 0.2) is 5.56 Å². The lowest BCUT2D eigenvalue weighted by Crippen LogP contribution is -2.34. The average Bonchev–Trinajstić information content (AvgIpc) is 1.85. The maximum Gasteiger partial charge on any atom is 0.508 e. The van der Waals surface area contributed by atoms with Crippen LogP contribution < -0.4 is 0 Å². The topological polar surface area (TPSA) is 55.8 Å². The van der Waals surface area contributed by atoms with E-state index in [1.54, 1.807) is 6.92 Å². The van der Waals surface area contributed by atoms with E-state index in [0.717, 1.165) is 0 Å². The summed E-state index contributed by atoms with van der Waals surface area (Å²) in [5, 5.41) is 8.16. The number of carboxylic acid groups (broad SMARTS) is 1. The first-order valence-corrected chi connectivity index (χ1v) is 4.14. The van der Waals surface area contributed by atoms with Gasteiger partial charge in [-0.05, 0) is 6.92 Å². The average molecular weight is 237 g/mol. The fourth-order valence-corrected chi connectivity index (χ4v) is 0.835. The van der Waals surface area contributed by atoms with E-state index in [0.29, 0.717) is 0 Å². The predicted molar refractivity (Wildman–Crippen MR) is 44.8 cm³/mol. The van der Waals surface area contributed by atoms with Crippen LogP contribution in [-0.4, -0.2) is 28.0 Å². The van der Waals surface area contributed by atoms with Crippen LogP contribution in [0.4, 0.5) is 4.79 Å². The van der Waals surface area contributed by atoms with Gasteiger partial charge in [-0.2, -0.15) is 0 Å². The van der Waals surface area contributed by atoms with Gasteiger partial charge in [-0.1, -0.05) is 34.8 Å². The highest BCUT2D eigenvalue weighted by Crippen LogP contribution is 2.31. The van der Waals surface area contributed by atoms with Crippen molar-refractivity contribution in [2.24, 2.45) is 0 Å². The van der Waals surface area contributed by atoms with Gasteiger partial charge in [0.05, 0.1) is 0 Å². The molecule has 0 fully saturated rings. The van der Waals surface area contributed by atoms with Crippen molar-refractivity contribution in [1.29, 1.82) is 0 Å². The maximum absolute atomic E-state index is 10.0. The number of rotatable bonds is 4. The van der Waals surface area contributed by atoms with Gasteiger partial charge < -0.3 is 14.6 Å². The predicted octanol–water partition coefficient (Wildman–Crippen LogP) is 2.41. The molecule has 0 amide bonds. The highest BCUT2D eigenvalue weighted by atomic mass is 35.5. The van der Waals surface area contributed by atoms with Crippen molar-refractivity contribution >= 4 is 41.0 Å². The molecule has 0 aliphatic heterocycles. The van der Waals surface area contributed by atoms with E-state index in [9.17, 15) is 4.79 Å². The fraction of sp³-hybridized carbons (Fsp3) is 0.800. The fourth-order valence-electron chi connectivity index (χ4n) is 0.406. The van der Waals surface area contributed by atoms with Crippen LogP contribution in [-0.2, 0) is 9.47 Å². The molecule has 12 heavy (non-hydrogen) atoms. The van der Waals surface area contributed by atoms with E-state index in [1.807, 2.05) is 0 Å². The van der Waals surface area contributed by atoms with Crippen molar-refractivity contribution in [3.8, 4) is 0 Å². The van der Waals surface area contributed by atoms with E-state index in [1.165, 1.54) is 0 Å². The Hall–Kier alpha value is 0.1000. The summed E-state index contributed by atoms with van der Waals surface area (Å²) in [4.78, 5) is 10.0. The monoisotopic (exact) mass is 236 g/mol. The molecule has 1 N–H and O–H groups in total. The van der Waals surface area contributed by atoms with Crippen molar-refractivity contribution < 1.29 is 19.4 Å². The van der Waals surface area contributed by atoms with Gasteiger partial charge in [0, 0.05) is 6.61 Å². The normalized spacial score (nSPS) is 14.0. The zero-order valence-corrected chi connectivity index (χ0v) is 8.36. The molecule has 7 heteroatoms. The molecule has 0 radical (unpaired) electrons. The van der Waals surface area contributed by atoms with Crippen molar-refractivity contribution in [1.82, 2.24) is 0 Å². The summed E-state index contributed by atoms with van der Waals surface area (Å²) in [5.41, 5.74) is -1.23. The lowest BCUT2D eigenvalue weighted by atomic mass is 10.7. The Balaban J connectivity index is 4.07. The SMILES string of the molecule is CCOC(Cl)C(Cl)(Cl)OC(=O)O. The van der Waals surface area contributed by atoms with Gasteiger partial charge in [-0.15, -0.1) is 0 Å². The van der Waals surface area contributed by atoms with Crippen LogP contribution in [0.1, 0.15) is 6.92 Å². The van der Waals surface area contributed by atoms with Crippen LogP contribution >= 0.6 is 34.8 Å². The molecule has 0 heterocycles. The Bertz CT molecular complexity index is 161. The lowest BCUT2D eigenvalue weighted by molar-refractivity contribution is -0.00189. The molecule has 0 spiro atoms. The van der Waals surface area contributed by atoms with E-state index < -0.39 is 16.2 Å². The van der Waals surface area contributed by atoms with E-state index in [-0.39, 0.29) is 6.61 Å². The molecule has 0 aromatic rings. The van der Waals surface area contributed by atoms with E-state index in [2.05, 4.69) is 4.74 Å². The Kier molecular flexibility index (Phi) is 5.01. The van der Waals surface area contributed by atoms with E-state index >= 15 is 0 Å². The van der Waals surface area contributed by atoms with Crippen molar-refractivity contribution in [3.05, 3.63) is 0 Å². The molecule has 4 nitrogen and oxygen atoms in total. The first-order chi connectivity index (χ1) is 5.40. The highest BCUT2D eigenvalue weighted by molar-refractivity contribution is 6.51. The van der Waals surface area contributed by atoms with Crippen LogP contribution in [0.5, 0.6) is 0 Å². The second-order valence-corrected chi connectivity index (χ2v) is 3.41. The van der Waals surface area contributed by atoms with E-state index in [4.69, 9.17) is 44.6 Å². The summed E-state index contributed by atoms with van der Waals surface area (Å²) in [6, 6.07) is 0. The Morgan fingerprint density at radius 3 is 2.50 bits per heavy atom. The first-order valence-electron chi connectivity index (χ1n) is 2.95. The van der Waals surface area contributed by atoms with Gasteiger partial charge in [0.1, 0.15) is 0 Å². The van der Waals surface area contributed by atoms with Gasteiger partial charge in [0.25, 0.3) is 0 Å². The zero-order valence-electron chi connectivity index (χ0n) is 6.09. The summed E-state index contributed by atoms with van der Waals surface area (Å²) in [7, 11) is 0. The van der Waals surface area contributed by atoms with Crippen LogP contribution in [0.3, 0.4) is 0 Å². The second kappa shape index (κ2) is 4.97. The summed E-state index contributed by atoms with van der Waals surface area (Å²) in [5.74, 6) is 0. The molecule has 0 bridgehead atoms. The first kappa shape index (κ1) is 12.1. The molecule has 0 rings (SSSR count). The standard InChI is InChI=1S/C5H7Cl3O4/c1-2-11-3(6)5(7,8)12-4(9)10/h3H,2H2,1H3,(H,9,10). The summed E-state index contributed by atoms with van der Waals surface area (Å²) >= 11 is 16.2. The molecule has 0 aliphatic rings. The van der Waals surface area contributed by atoms with Gasteiger partial charge in [-0.25, -0.2) is 4.79 Å². The van der Waals surface area contributed by atoms with Crippen LogP contribution in [0.25, 0.3) is 0 Å². The number of alkyl halides is 3. The quantitative estimate of drug-likeness (QED) is 0.602. The van der Waals surface area contributed by atoms with Crippen molar-refractivity contribution in [2.75, 3.05) is 6.61 Å². The van der Waals surface area contributed by atoms with Gasteiger partial charge in [0.2, 0.25) is 0 Å². The van der Waals surface area contributed by atoms with Gasteiger partial charge >= 0.3 is 10.7 Å². The third kappa shape index (κ3) is 4.21. The number of ether oxygens (including phenoxy) is 2.